The van der Waals surface area contributed by atoms with E-state index < -0.39 is 11.0 Å². The van der Waals surface area contributed by atoms with Gasteiger partial charge in [0.2, 0.25) is 0 Å². The first-order valence-electron chi connectivity index (χ1n) is 4.64. The molecule has 0 bridgehead atoms. The predicted octanol–water partition coefficient (Wildman–Crippen LogP) is 1.34. The topological polar surface area (TPSA) is 105 Å². The highest BCUT2D eigenvalue weighted by atomic mass is 16.6. The van der Waals surface area contributed by atoms with Crippen LogP contribution >= 0.6 is 0 Å². The Morgan fingerprint density at radius 1 is 1.47 bits per heavy atom. The molecule has 0 saturated heterocycles. The summed E-state index contributed by atoms with van der Waals surface area (Å²) < 4.78 is 4.76. The van der Waals surface area contributed by atoms with Gasteiger partial charge in [-0.05, 0) is 17.7 Å². The number of nitriles is 1. The molecular weight excluding hydrogens is 226 g/mol. The molecule has 0 unspecified atom stereocenters. The van der Waals surface area contributed by atoms with Gasteiger partial charge in [0.15, 0.2) is 0 Å². The number of alkyl carbamates (subject to hydrolysis) is 1. The summed E-state index contributed by atoms with van der Waals surface area (Å²) in [6, 6.07) is 7.37. The highest BCUT2D eigenvalue weighted by molar-refractivity contribution is 5.67. The molecule has 0 radical (unpaired) electrons. The quantitative estimate of drug-likeness (QED) is 0.481. The van der Waals surface area contributed by atoms with Crippen LogP contribution in [-0.4, -0.2) is 17.6 Å². The fourth-order valence-corrected chi connectivity index (χ4v) is 1.03. The van der Waals surface area contributed by atoms with E-state index in [1.165, 1.54) is 24.3 Å². The van der Waals surface area contributed by atoms with Crippen LogP contribution in [0.5, 0.6) is 0 Å². The molecule has 1 N–H and O–H groups in total. The minimum atomic E-state index is -0.704. The van der Waals surface area contributed by atoms with Crippen molar-refractivity contribution in [3.8, 4) is 6.07 Å². The van der Waals surface area contributed by atoms with E-state index in [0.717, 1.165) is 0 Å². The first-order chi connectivity index (χ1) is 8.13. The van der Waals surface area contributed by atoms with Crippen molar-refractivity contribution < 1.29 is 14.5 Å². The third-order valence-electron chi connectivity index (χ3n) is 1.83. The van der Waals surface area contributed by atoms with Gasteiger partial charge in [0, 0.05) is 12.1 Å². The second kappa shape index (κ2) is 6.07. The number of amides is 1. The van der Waals surface area contributed by atoms with Crippen LogP contribution in [0.1, 0.15) is 5.56 Å². The molecule has 0 aromatic heterocycles. The number of ether oxygens (including phenoxy) is 1. The maximum Gasteiger partial charge on any atom is 0.408 e. The molecule has 0 heterocycles. The molecule has 1 amide bonds. The van der Waals surface area contributed by atoms with Crippen molar-refractivity contribution in [2.75, 3.05) is 6.54 Å². The molecule has 17 heavy (non-hydrogen) atoms. The summed E-state index contributed by atoms with van der Waals surface area (Å²) in [7, 11) is 0. The molecule has 7 nitrogen and oxygen atoms in total. The largest absolute Gasteiger partial charge is 0.445 e. The number of carbonyl (C=O) groups excluding carboxylic acids is 1. The first-order valence-corrected chi connectivity index (χ1v) is 4.64. The van der Waals surface area contributed by atoms with Gasteiger partial charge in [-0.3, -0.25) is 10.1 Å². The first kappa shape index (κ1) is 12.4. The van der Waals surface area contributed by atoms with Crippen molar-refractivity contribution in [2.24, 2.45) is 0 Å². The number of nitrogens with zero attached hydrogens (tertiary/aromatic N) is 2. The van der Waals surface area contributed by atoms with Crippen molar-refractivity contribution >= 4 is 11.8 Å². The second-order valence-electron chi connectivity index (χ2n) is 3.01. The Morgan fingerprint density at radius 2 is 2.12 bits per heavy atom. The Bertz CT molecular complexity index is 450. The monoisotopic (exact) mass is 235 g/mol. The van der Waals surface area contributed by atoms with E-state index in [0.29, 0.717) is 5.56 Å². The number of hydrogen-bond donors (Lipinski definition) is 1. The smallest absolute Gasteiger partial charge is 0.408 e. The third-order valence-corrected chi connectivity index (χ3v) is 1.83. The lowest BCUT2D eigenvalue weighted by Gasteiger charge is -2.04. The number of rotatable bonds is 4. The lowest BCUT2D eigenvalue weighted by atomic mass is 10.2. The van der Waals surface area contributed by atoms with Crippen LogP contribution < -0.4 is 5.32 Å². The number of nitro groups is 1. The number of hydrogen-bond acceptors (Lipinski definition) is 5. The summed E-state index contributed by atoms with van der Waals surface area (Å²) in [6.45, 7) is -0.131. The van der Waals surface area contributed by atoms with Crippen LogP contribution in [0.2, 0.25) is 0 Å². The summed E-state index contributed by atoms with van der Waals surface area (Å²) in [6.07, 6.45) is -0.704. The minimum Gasteiger partial charge on any atom is -0.445 e. The number of benzene rings is 1. The Balaban J connectivity index is 2.45. The van der Waals surface area contributed by atoms with Crippen LogP contribution in [0.25, 0.3) is 0 Å². The fourth-order valence-electron chi connectivity index (χ4n) is 1.03. The molecule has 0 aliphatic rings. The maximum absolute atomic E-state index is 11.0. The van der Waals surface area contributed by atoms with E-state index in [9.17, 15) is 14.9 Å². The van der Waals surface area contributed by atoms with E-state index >= 15 is 0 Å². The standard InChI is InChI=1S/C10H9N3O4/c11-5-6-12-10(14)17-7-8-1-3-9(4-2-8)13(15)16/h1-4H,6-7H2,(H,12,14). The van der Waals surface area contributed by atoms with Crippen molar-refractivity contribution in [1.82, 2.24) is 5.32 Å². The van der Waals surface area contributed by atoms with E-state index in [2.05, 4.69) is 5.32 Å². The molecule has 1 aromatic rings. The van der Waals surface area contributed by atoms with Gasteiger partial charge < -0.3 is 10.1 Å². The van der Waals surface area contributed by atoms with Gasteiger partial charge in [-0.1, -0.05) is 0 Å². The van der Waals surface area contributed by atoms with E-state index in [1.54, 1.807) is 6.07 Å². The number of nitro benzene ring substituents is 1. The fraction of sp³-hybridized carbons (Fsp3) is 0.200. The lowest BCUT2D eigenvalue weighted by Crippen LogP contribution is -2.24. The molecule has 0 saturated carbocycles. The van der Waals surface area contributed by atoms with Crippen LogP contribution in [0, 0.1) is 21.4 Å². The zero-order chi connectivity index (χ0) is 12.7. The molecule has 0 spiro atoms. The van der Waals surface area contributed by atoms with Crippen molar-refractivity contribution in [3.05, 3.63) is 39.9 Å². The maximum atomic E-state index is 11.0. The highest BCUT2D eigenvalue weighted by Crippen LogP contribution is 2.12. The Hall–Kier alpha value is -2.62. The van der Waals surface area contributed by atoms with E-state index in [-0.39, 0.29) is 18.8 Å². The number of non-ortho nitro benzene ring substituents is 1. The summed E-state index contributed by atoms with van der Waals surface area (Å²) in [5.41, 5.74) is 0.602. The highest BCUT2D eigenvalue weighted by Gasteiger charge is 2.05. The molecule has 88 valence electrons. The van der Waals surface area contributed by atoms with Crippen LogP contribution in [0.15, 0.2) is 24.3 Å². The van der Waals surface area contributed by atoms with Gasteiger partial charge in [0.05, 0.1) is 11.0 Å². The van der Waals surface area contributed by atoms with Crippen LogP contribution in [0.4, 0.5) is 10.5 Å². The average Bonchev–Trinajstić information content (AvgIpc) is 2.34. The third kappa shape index (κ3) is 4.17. The molecular formula is C10H9N3O4. The summed E-state index contributed by atoms with van der Waals surface area (Å²) in [5, 5.41) is 20.8. The Labute approximate surface area is 96.8 Å². The summed E-state index contributed by atoms with van der Waals surface area (Å²) in [4.78, 5) is 20.8. The Kier molecular flexibility index (Phi) is 4.45. The molecule has 0 aliphatic heterocycles. The average molecular weight is 235 g/mol. The van der Waals surface area contributed by atoms with Gasteiger partial charge in [-0.25, -0.2) is 4.79 Å². The normalized spacial score (nSPS) is 9.12. The molecule has 1 rings (SSSR count). The van der Waals surface area contributed by atoms with Crippen molar-refractivity contribution in [1.29, 1.82) is 5.26 Å². The van der Waals surface area contributed by atoms with E-state index in [4.69, 9.17) is 10.00 Å². The van der Waals surface area contributed by atoms with Crippen LogP contribution in [-0.2, 0) is 11.3 Å². The second-order valence-corrected chi connectivity index (χ2v) is 3.01. The van der Waals surface area contributed by atoms with Gasteiger partial charge >= 0.3 is 6.09 Å². The van der Waals surface area contributed by atoms with Crippen molar-refractivity contribution in [2.45, 2.75) is 6.61 Å². The zero-order valence-electron chi connectivity index (χ0n) is 8.75. The Morgan fingerprint density at radius 3 is 2.65 bits per heavy atom. The van der Waals surface area contributed by atoms with Gasteiger partial charge in [0.1, 0.15) is 13.2 Å². The van der Waals surface area contributed by atoms with Gasteiger partial charge in [0.25, 0.3) is 5.69 Å². The molecule has 0 atom stereocenters. The molecule has 1 aromatic carbocycles. The molecule has 0 fully saturated rings. The van der Waals surface area contributed by atoms with Gasteiger partial charge in [-0.2, -0.15) is 5.26 Å². The van der Waals surface area contributed by atoms with E-state index in [1.807, 2.05) is 0 Å². The number of nitrogens with one attached hydrogen (secondary N) is 1. The minimum absolute atomic E-state index is 0.00471. The SMILES string of the molecule is N#CCNC(=O)OCc1ccc([N+](=O)[O-])cc1. The number of carbonyl (C=O) groups is 1. The summed E-state index contributed by atoms with van der Waals surface area (Å²) in [5.74, 6) is 0. The molecule has 7 heteroatoms. The zero-order valence-corrected chi connectivity index (χ0v) is 8.75. The van der Waals surface area contributed by atoms with Crippen LogP contribution in [0.3, 0.4) is 0 Å². The van der Waals surface area contributed by atoms with Gasteiger partial charge in [-0.15, -0.1) is 0 Å². The lowest BCUT2D eigenvalue weighted by molar-refractivity contribution is -0.384. The predicted molar refractivity (Wildman–Crippen MR) is 56.9 cm³/mol. The molecule has 0 aliphatic carbocycles. The summed E-state index contributed by atoms with van der Waals surface area (Å²) >= 11 is 0. The van der Waals surface area contributed by atoms with Crippen molar-refractivity contribution in [3.63, 3.8) is 0 Å².